The predicted molar refractivity (Wildman–Crippen MR) is 97.2 cm³/mol. The molecule has 1 aromatic rings. The van der Waals surface area contributed by atoms with Crippen molar-refractivity contribution in [2.45, 2.75) is 76.0 Å². The van der Waals surface area contributed by atoms with Crippen LogP contribution in [0, 0.1) is 0 Å². The molecule has 3 heterocycles. The number of rotatable bonds is 8. The summed E-state index contributed by atoms with van der Waals surface area (Å²) in [6.45, 7) is 7.59. The molecule has 2 N–H and O–H groups in total. The fourth-order valence-corrected chi connectivity index (χ4v) is 4.74. The number of nitrogens with one attached hydrogen (secondary N) is 2. The van der Waals surface area contributed by atoms with Crippen LogP contribution in [0.25, 0.3) is 0 Å². The summed E-state index contributed by atoms with van der Waals surface area (Å²) < 4.78 is 6.62. The summed E-state index contributed by atoms with van der Waals surface area (Å²) >= 11 is 0. The Balaban J connectivity index is 1.76. The number of aromatic nitrogens is 2. The molecular weight excluding hydrogens is 300 g/mol. The van der Waals surface area contributed by atoms with E-state index in [4.69, 9.17) is 4.74 Å². The zero-order chi connectivity index (χ0) is 17.2. The third-order valence-electron chi connectivity index (χ3n) is 6.34. The summed E-state index contributed by atoms with van der Waals surface area (Å²) in [5.74, 6) is 0.552. The maximum absolute atomic E-state index is 6.62. The van der Waals surface area contributed by atoms with E-state index >= 15 is 0 Å². The van der Waals surface area contributed by atoms with Crippen LogP contribution in [0.4, 0.5) is 0 Å². The van der Waals surface area contributed by atoms with Gasteiger partial charge in [0.1, 0.15) is 0 Å². The van der Waals surface area contributed by atoms with Gasteiger partial charge in [-0.2, -0.15) is 5.10 Å². The Bertz CT molecular complexity index is 525. The summed E-state index contributed by atoms with van der Waals surface area (Å²) in [7, 11) is 4.19. The average molecular weight is 335 g/mol. The van der Waals surface area contributed by atoms with Crippen molar-refractivity contribution in [2.75, 3.05) is 27.2 Å². The lowest BCUT2D eigenvalue weighted by Gasteiger charge is -2.43. The van der Waals surface area contributed by atoms with Gasteiger partial charge >= 0.3 is 0 Å². The van der Waals surface area contributed by atoms with Gasteiger partial charge in [0, 0.05) is 36.8 Å². The molecule has 5 nitrogen and oxygen atoms in total. The number of likely N-dealkylation sites (N-methyl/N-ethyl adjacent to an activating group) is 2. The Kier molecular flexibility index (Phi) is 5.33. The molecule has 0 amide bonds. The highest BCUT2D eigenvalue weighted by atomic mass is 16.5. The first kappa shape index (κ1) is 17.9. The van der Waals surface area contributed by atoms with Crippen LogP contribution in [-0.2, 0) is 11.3 Å². The topological polar surface area (TPSA) is 53.2 Å². The number of aromatic amines is 1. The monoisotopic (exact) mass is 334 g/mol. The average Bonchev–Trinajstić information content (AvgIpc) is 3.16. The van der Waals surface area contributed by atoms with E-state index in [1.165, 1.54) is 24.1 Å². The molecular formula is C19H34N4O. The predicted octanol–water partition coefficient (Wildman–Crippen LogP) is 3.05. The lowest BCUT2D eigenvalue weighted by atomic mass is 9.79. The minimum absolute atomic E-state index is 0.0966. The molecule has 136 valence electrons. The van der Waals surface area contributed by atoms with Crippen molar-refractivity contribution in [3.8, 4) is 0 Å². The second-order valence-corrected chi connectivity index (χ2v) is 7.93. The Morgan fingerprint density at radius 1 is 1.29 bits per heavy atom. The van der Waals surface area contributed by atoms with E-state index in [-0.39, 0.29) is 11.2 Å². The van der Waals surface area contributed by atoms with E-state index in [0.29, 0.717) is 5.92 Å². The highest BCUT2D eigenvalue weighted by Gasteiger charge is 2.54. The summed E-state index contributed by atoms with van der Waals surface area (Å²) in [4.78, 5) is 2.37. The van der Waals surface area contributed by atoms with Crippen molar-refractivity contribution in [2.24, 2.45) is 0 Å². The summed E-state index contributed by atoms with van der Waals surface area (Å²) in [6, 6.07) is 0. The van der Waals surface area contributed by atoms with Crippen molar-refractivity contribution in [3.63, 3.8) is 0 Å². The van der Waals surface area contributed by atoms with Gasteiger partial charge in [0.05, 0.1) is 17.4 Å². The Morgan fingerprint density at radius 2 is 1.96 bits per heavy atom. The molecule has 24 heavy (non-hydrogen) atoms. The smallest absolute Gasteiger partial charge is 0.0695 e. The second kappa shape index (κ2) is 7.14. The normalized spacial score (nSPS) is 32.6. The van der Waals surface area contributed by atoms with E-state index in [9.17, 15) is 0 Å². The first-order valence-corrected chi connectivity index (χ1v) is 9.61. The summed E-state index contributed by atoms with van der Waals surface area (Å²) in [5.41, 5.74) is 2.91. The van der Waals surface area contributed by atoms with Gasteiger partial charge in [-0.05, 0) is 52.6 Å². The number of fused-ring (bicyclic) bond motifs is 2. The van der Waals surface area contributed by atoms with E-state index in [0.717, 1.165) is 45.3 Å². The van der Waals surface area contributed by atoms with Crippen molar-refractivity contribution in [3.05, 3.63) is 17.5 Å². The molecule has 3 rings (SSSR count). The van der Waals surface area contributed by atoms with Gasteiger partial charge in [-0.3, -0.25) is 5.10 Å². The zero-order valence-electron chi connectivity index (χ0n) is 15.8. The van der Waals surface area contributed by atoms with Crippen LogP contribution in [0.2, 0.25) is 0 Å². The molecule has 0 aliphatic carbocycles. The van der Waals surface area contributed by atoms with Crippen molar-refractivity contribution in [1.82, 2.24) is 20.4 Å². The van der Waals surface area contributed by atoms with E-state index < -0.39 is 0 Å². The maximum Gasteiger partial charge on any atom is 0.0695 e. The van der Waals surface area contributed by atoms with Crippen LogP contribution in [0.5, 0.6) is 0 Å². The van der Waals surface area contributed by atoms with Crippen LogP contribution >= 0.6 is 0 Å². The van der Waals surface area contributed by atoms with E-state index in [1.807, 2.05) is 13.2 Å². The highest BCUT2D eigenvalue weighted by Crippen LogP contribution is 2.55. The Labute approximate surface area is 146 Å². The molecule has 2 saturated heterocycles. The number of ether oxygens (including phenoxy) is 1. The number of H-pyrrole nitrogens is 1. The minimum Gasteiger partial charge on any atom is -0.369 e. The van der Waals surface area contributed by atoms with Gasteiger partial charge in [0.2, 0.25) is 0 Å². The van der Waals surface area contributed by atoms with Crippen LogP contribution in [0.15, 0.2) is 6.20 Å². The van der Waals surface area contributed by atoms with Gasteiger partial charge in [-0.25, -0.2) is 0 Å². The molecule has 1 unspecified atom stereocenters. The molecule has 0 radical (unpaired) electrons. The molecule has 2 aliphatic heterocycles. The molecule has 2 bridgehead atoms. The van der Waals surface area contributed by atoms with Crippen LogP contribution < -0.4 is 5.32 Å². The summed E-state index contributed by atoms with van der Waals surface area (Å²) in [5, 5.41) is 11.0. The fraction of sp³-hybridized carbons (Fsp3) is 0.842. The van der Waals surface area contributed by atoms with Gasteiger partial charge < -0.3 is 15.0 Å². The largest absolute Gasteiger partial charge is 0.369 e. The molecule has 0 spiro atoms. The number of hydrogen-bond acceptors (Lipinski definition) is 4. The fourth-order valence-electron chi connectivity index (χ4n) is 4.74. The zero-order valence-corrected chi connectivity index (χ0v) is 15.8. The van der Waals surface area contributed by atoms with Crippen LogP contribution in [0.1, 0.15) is 69.5 Å². The van der Waals surface area contributed by atoms with E-state index in [2.05, 4.69) is 41.3 Å². The highest BCUT2D eigenvalue weighted by molar-refractivity contribution is 5.24. The number of hydrogen-bond donors (Lipinski definition) is 2. The standard InChI is InChI=1S/C19H34N4O/c1-5-18-7-8-19(6-2,24-18)12-15(11-18)17-16(13-21-22-17)14-23(4)10-9-20-3/h13,15,20H,5-12,14H2,1-4H3,(H,21,22)/t15?,18-,19+. The van der Waals surface area contributed by atoms with Gasteiger partial charge in [-0.15, -0.1) is 0 Å². The van der Waals surface area contributed by atoms with Crippen LogP contribution in [0.3, 0.4) is 0 Å². The third kappa shape index (κ3) is 3.39. The SMILES string of the molecule is CC[C@]12CC[C@](CC)(CC(c3[nH]ncc3CN(C)CCNC)C1)O2. The molecule has 3 atom stereocenters. The molecule has 5 heteroatoms. The van der Waals surface area contributed by atoms with Gasteiger partial charge in [0.15, 0.2) is 0 Å². The molecule has 1 aromatic heterocycles. The molecule has 0 aromatic carbocycles. The first-order chi connectivity index (χ1) is 11.6. The third-order valence-corrected chi connectivity index (χ3v) is 6.34. The lowest BCUT2D eigenvalue weighted by molar-refractivity contribution is -0.149. The van der Waals surface area contributed by atoms with E-state index in [1.54, 1.807) is 0 Å². The molecule has 2 aliphatic rings. The lowest BCUT2D eigenvalue weighted by Crippen LogP contribution is -2.43. The molecule has 0 saturated carbocycles. The second-order valence-electron chi connectivity index (χ2n) is 7.93. The summed E-state index contributed by atoms with van der Waals surface area (Å²) in [6.07, 6.45) is 8.99. The number of nitrogens with zero attached hydrogens (tertiary/aromatic N) is 2. The van der Waals surface area contributed by atoms with Crippen molar-refractivity contribution in [1.29, 1.82) is 0 Å². The Morgan fingerprint density at radius 3 is 2.54 bits per heavy atom. The maximum atomic E-state index is 6.62. The van der Waals surface area contributed by atoms with Crippen LogP contribution in [-0.4, -0.2) is 53.5 Å². The Hall–Kier alpha value is -0.910. The van der Waals surface area contributed by atoms with Crippen molar-refractivity contribution >= 4 is 0 Å². The van der Waals surface area contributed by atoms with Gasteiger partial charge in [-0.1, -0.05) is 13.8 Å². The van der Waals surface area contributed by atoms with Gasteiger partial charge in [0.25, 0.3) is 0 Å². The first-order valence-electron chi connectivity index (χ1n) is 9.61. The molecule has 2 fully saturated rings. The minimum atomic E-state index is 0.0966. The van der Waals surface area contributed by atoms with Crippen molar-refractivity contribution < 1.29 is 4.74 Å². The quantitative estimate of drug-likeness (QED) is 0.767.